The minimum Gasteiger partial charge on any atom is -0.259 e. The van der Waals surface area contributed by atoms with Crippen LogP contribution in [0.25, 0.3) is 6.08 Å². The molecule has 5 heteroatoms. The van der Waals surface area contributed by atoms with E-state index in [1.165, 1.54) is 6.92 Å². The van der Waals surface area contributed by atoms with Crippen molar-refractivity contribution in [3.05, 3.63) is 51.2 Å². The number of benzene rings is 1. The van der Waals surface area contributed by atoms with E-state index in [1.54, 1.807) is 0 Å². The SMILES string of the molecule is C/C(=C/c1cc(F)ccc1F)[N+](=O)[O-]. The van der Waals surface area contributed by atoms with Gasteiger partial charge in [0.15, 0.2) is 0 Å². The second-order valence-corrected chi connectivity index (χ2v) is 2.71. The van der Waals surface area contributed by atoms with E-state index in [4.69, 9.17) is 0 Å². The maximum absolute atomic E-state index is 13.0. The van der Waals surface area contributed by atoms with Gasteiger partial charge in [-0.15, -0.1) is 0 Å². The Labute approximate surface area is 78.8 Å². The Kier molecular flexibility index (Phi) is 2.91. The molecule has 0 fully saturated rings. The standard InChI is InChI=1S/C9H7F2NO2/c1-6(12(13)14)4-7-5-8(10)2-3-9(7)11/h2-5H,1H3/b6-4-. The number of hydrogen-bond donors (Lipinski definition) is 0. The van der Waals surface area contributed by atoms with Crippen LogP contribution in [0, 0.1) is 21.7 Å². The molecular weight excluding hydrogens is 192 g/mol. The Morgan fingerprint density at radius 3 is 2.71 bits per heavy atom. The number of halogens is 2. The Balaban J connectivity index is 3.13. The Hall–Kier alpha value is -1.78. The maximum Gasteiger partial charge on any atom is 0.243 e. The Morgan fingerprint density at radius 1 is 1.50 bits per heavy atom. The van der Waals surface area contributed by atoms with E-state index in [0.717, 1.165) is 24.3 Å². The van der Waals surface area contributed by atoms with Gasteiger partial charge in [-0.3, -0.25) is 10.1 Å². The van der Waals surface area contributed by atoms with Crippen molar-refractivity contribution in [2.75, 3.05) is 0 Å². The molecule has 1 aromatic carbocycles. The van der Waals surface area contributed by atoms with Crippen molar-refractivity contribution in [2.45, 2.75) is 6.92 Å². The number of nitro groups is 1. The normalized spacial score (nSPS) is 11.5. The summed E-state index contributed by atoms with van der Waals surface area (Å²) in [6.45, 7) is 1.21. The minimum absolute atomic E-state index is 0.126. The summed E-state index contributed by atoms with van der Waals surface area (Å²) in [7, 11) is 0. The van der Waals surface area contributed by atoms with Gasteiger partial charge in [0.25, 0.3) is 0 Å². The fourth-order valence-electron chi connectivity index (χ4n) is 0.903. The van der Waals surface area contributed by atoms with Crippen LogP contribution < -0.4 is 0 Å². The van der Waals surface area contributed by atoms with Crippen LogP contribution in [0.2, 0.25) is 0 Å². The first kappa shape index (κ1) is 10.3. The van der Waals surface area contributed by atoms with E-state index >= 15 is 0 Å². The molecule has 0 atom stereocenters. The molecule has 0 aliphatic heterocycles. The molecule has 0 amide bonds. The number of allylic oxidation sites excluding steroid dienone is 1. The summed E-state index contributed by atoms with van der Waals surface area (Å²) in [5, 5.41) is 10.2. The molecule has 0 aromatic heterocycles. The van der Waals surface area contributed by atoms with Gasteiger partial charge in [-0.1, -0.05) is 0 Å². The highest BCUT2D eigenvalue weighted by molar-refractivity contribution is 5.51. The molecule has 74 valence electrons. The zero-order chi connectivity index (χ0) is 10.7. The molecule has 0 unspecified atom stereocenters. The van der Waals surface area contributed by atoms with E-state index in [1.807, 2.05) is 0 Å². The molecule has 1 aromatic rings. The second-order valence-electron chi connectivity index (χ2n) is 2.71. The van der Waals surface area contributed by atoms with Crippen LogP contribution in [0.3, 0.4) is 0 Å². The molecule has 0 aliphatic carbocycles. The number of rotatable bonds is 2. The zero-order valence-corrected chi connectivity index (χ0v) is 7.33. The third-order valence-electron chi connectivity index (χ3n) is 1.61. The van der Waals surface area contributed by atoms with Gasteiger partial charge in [0.1, 0.15) is 11.6 Å². The minimum atomic E-state index is -0.687. The van der Waals surface area contributed by atoms with Crippen LogP contribution >= 0.6 is 0 Å². The van der Waals surface area contributed by atoms with E-state index < -0.39 is 16.6 Å². The molecule has 0 saturated carbocycles. The van der Waals surface area contributed by atoms with Gasteiger partial charge in [0.05, 0.1) is 4.92 Å². The third-order valence-corrected chi connectivity index (χ3v) is 1.61. The summed E-state index contributed by atoms with van der Waals surface area (Å²) in [5.74, 6) is -1.32. The van der Waals surface area contributed by atoms with Crippen molar-refractivity contribution >= 4 is 6.08 Å². The van der Waals surface area contributed by atoms with Gasteiger partial charge >= 0.3 is 0 Å². The van der Waals surface area contributed by atoms with E-state index in [0.29, 0.717) is 0 Å². The molecule has 3 nitrogen and oxygen atoms in total. The third kappa shape index (κ3) is 2.35. The zero-order valence-electron chi connectivity index (χ0n) is 7.33. The Bertz CT molecular complexity index is 402. The van der Waals surface area contributed by atoms with Crippen LogP contribution in [-0.2, 0) is 0 Å². The highest BCUT2D eigenvalue weighted by Crippen LogP contribution is 2.13. The monoisotopic (exact) mass is 199 g/mol. The summed E-state index contributed by atoms with van der Waals surface area (Å²) in [6, 6.07) is 2.78. The lowest BCUT2D eigenvalue weighted by Gasteiger charge is -1.96. The van der Waals surface area contributed by atoms with E-state index in [9.17, 15) is 18.9 Å². The van der Waals surface area contributed by atoms with Crippen molar-refractivity contribution in [2.24, 2.45) is 0 Å². The van der Waals surface area contributed by atoms with Gasteiger partial charge in [-0.25, -0.2) is 8.78 Å². The quantitative estimate of drug-likeness (QED) is 0.542. The van der Waals surface area contributed by atoms with Crippen molar-refractivity contribution < 1.29 is 13.7 Å². The smallest absolute Gasteiger partial charge is 0.243 e. The van der Waals surface area contributed by atoms with E-state index in [2.05, 4.69) is 0 Å². The average molecular weight is 199 g/mol. The molecule has 0 saturated heterocycles. The first-order valence-electron chi connectivity index (χ1n) is 3.78. The first-order valence-corrected chi connectivity index (χ1v) is 3.78. The second kappa shape index (κ2) is 3.95. The highest BCUT2D eigenvalue weighted by atomic mass is 19.1. The predicted octanol–water partition coefficient (Wildman–Crippen LogP) is 2.60. The van der Waals surface area contributed by atoms with Gasteiger partial charge in [0.2, 0.25) is 5.70 Å². The molecule has 0 spiro atoms. The van der Waals surface area contributed by atoms with Crippen molar-refractivity contribution in [1.29, 1.82) is 0 Å². The molecule has 0 radical (unpaired) electrons. The lowest BCUT2D eigenvalue weighted by Crippen LogP contribution is -1.94. The van der Waals surface area contributed by atoms with Gasteiger partial charge in [-0.2, -0.15) is 0 Å². The van der Waals surface area contributed by atoms with Gasteiger partial charge in [0, 0.05) is 18.6 Å². The fraction of sp³-hybridized carbons (Fsp3) is 0.111. The van der Waals surface area contributed by atoms with Crippen molar-refractivity contribution in [1.82, 2.24) is 0 Å². The fourth-order valence-corrected chi connectivity index (χ4v) is 0.903. The van der Waals surface area contributed by atoms with Crippen LogP contribution in [0.5, 0.6) is 0 Å². The summed E-state index contributed by atoms with van der Waals surface area (Å²) in [5.41, 5.74) is -0.367. The molecule has 0 heterocycles. The van der Waals surface area contributed by atoms with Crippen molar-refractivity contribution in [3.8, 4) is 0 Å². The molecule has 14 heavy (non-hydrogen) atoms. The van der Waals surface area contributed by atoms with Crippen molar-refractivity contribution in [3.63, 3.8) is 0 Å². The van der Waals surface area contributed by atoms with Crippen LogP contribution in [0.4, 0.5) is 8.78 Å². The number of nitrogens with zero attached hydrogens (tertiary/aromatic N) is 1. The lowest BCUT2D eigenvalue weighted by atomic mass is 10.2. The molecule has 0 N–H and O–H groups in total. The largest absolute Gasteiger partial charge is 0.259 e. The first-order chi connectivity index (χ1) is 6.50. The summed E-state index contributed by atoms with van der Waals surface area (Å²) < 4.78 is 25.6. The average Bonchev–Trinajstić information content (AvgIpc) is 2.11. The van der Waals surface area contributed by atoms with Crippen LogP contribution in [0.1, 0.15) is 12.5 Å². The van der Waals surface area contributed by atoms with Crippen LogP contribution in [-0.4, -0.2) is 4.92 Å². The van der Waals surface area contributed by atoms with Gasteiger partial charge in [-0.05, 0) is 18.2 Å². The molecule has 0 aliphatic rings. The highest BCUT2D eigenvalue weighted by Gasteiger charge is 2.06. The molecule has 1 rings (SSSR count). The molecule has 0 bridgehead atoms. The Morgan fingerprint density at radius 2 is 2.14 bits per heavy atom. The summed E-state index contributed by atoms with van der Waals surface area (Å²) >= 11 is 0. The summed E-state index contributed by atoms with van der Waals surface area (Å²) in [4.78, 5) is 9.56. The maximum atomic E-state index is 13.0. The lowest BCUT2D eigenvalue weighted by molar-refractivity contribution is -0.422. The van der Waals surface area contributed by atoms with E-state index in [-0.39, 0.29) is 11.3 Å². The molecular formula is C9H7F2NO2. The van der Waals surface area contributed by atoms with Gasteiger partial charge < -0.3 is 0 Å². The predicted molar refractivity (Wildman–Crippen MR) is 47.0 cm³/mol. The summed E-state index contributed by atoms with van der Waals surface area (Å²) in [6.07, 6.45) is 0.985. The van der Waals surface area contributed by atoms with Crippen LogP contribution in [0.15, 0.2) is 23.9 Å². The number of hydrogen-bond acceptors (Lipinski definition) is 2. The topological polar surface area (TPSA) is 43.1 Å².